The summed E-state index contributed by atoms with van der Waals surface area (Å²) in [7, 11) is 3.86. The van der Waals surface area contributed by atoms with E-state index >= 15 is 0 Å². The van der Waals surface area contributed by atoms with Gasteiger partial charge in [-0.2, -0.15) is 0 Å². The van der Waals surface area contributed by atoms with Crippen molar-refractivity contribution < 1.29 is 8.78 Å². The van der Waals surface area contributed by atoms with Crippen molar-refractivity contribution >= 4 is 11.6 Å². The van der Waals surface area contributed by atoms with Crippen LogP contribution in [0, 0.1) is 11.6 Å². The van der Waals surface area contributed by atoms with E-state index in [0.717, 1.165) is 37.6 Å². The minimum atomic E-state index is -0.485. The zero-order chi connectivity index (χ0) is 17.8. The highest BCUT2D eigenvalue weighted by Gasteiger charge is 2.22. The fourth-order valence-corrected chi connectivity index (χ4v) is 3.10. The summed E-state index contributed by atoms with van der Waals surface area (Å²) in [5.41, 5.74) is 0.139. The van der Waals surface area contributed by atoms with E-state index < -0.39 is 11.6 Å². The maximum Gasteiger partial charge on any atom is 0.133 e. The lowest BCUT2D eigenvalue weighted by Crippen LogP contribution is -2.42. The summed E-state index contributed by atoms with van der Waals surface area (Å²) in [5.74, 6) is 0.629. The van der Waals surface area contributed by atoms with E-state index in [1.807, 2.05) is 25.1 Å². The van der Waals surface area contributed by atoms with Gasteiger partial charge in [0.2, 0.25) is 0 Å². The normalized spacial score (nSPS) is 18.2. The maximum absolute atomic E-state index is 13.9. The van der Waals surface area contributed by atoms with Crippen molar-refractivity contribution in [2.45, 2.75) is 25.4 Å². The van der Waals surface area contributed by atoms with Crippen molar-refractivity contribution in [3.05, 3.63) is 47.8 Å². The van der Waals surface area contributed by atoms with E-state index in [2.05, 4.69) is 20.2 Å². The van der Waals surface area contributed by atoms with Crippen LogP contribution in [0.15, 0.2) is 30.6 Å². The second-order valence-electron chi connectivity index (χ2n) is 6.57. The van der Waals surface area contributed by atoms with Crippen LogP contribution < -0.4 is 10.2 Å². The van der Waals surface area contributed by atoms with Gasteiger partial charge in [0.05, 0.1) is 0 Å². The van der Waals surface area contributed by atoms with Crippen molar-refractivity contribution in [2.75, 3.05) is 37.4 Å². The molecule has 7 heteroatoms. The van der Waals surface area contributed by atoms with E-state index in [-0.39, 0.29) is 18.2 Å². The Labute approximate surface area is 146 Å². The Kier molecular flexibility index (Phi) is 5.43. The fourth-order valence-electron chi connectivity index (χ4n) is 3.10. The van der Waals surface area contributed by atoms with Gasteiger partial charge < -0.3 is 10.2 Å². The van der Waals surface area contributed by atoms with Crippen LogP contribution in [0.25, 0.3) is 0 Å². The third-order valence-corrected chi connectivity index (χ3v) is 4.41. The number of benzene rings is 1. The first-order chi connectivity index (χ1) is 12.0. The van der Waals surface area contributed by atoms with Gasteiger partial charge in [0, 0.05) is 44.9 Å². The van der Waals surface area contributed by atoms with Crippen molar-refractivity contribution in [3.63, 3.8) is 0 Å². The molecule has 1 saturated heterocycles. The third kappa shape index (κ3) is 4.42. The van der Waals surface area contributed by atoms with Crippen LogP contribution in [0.5, 0.6) is 0 Å². The summed E-state index contributed by atoms with van der Waals surface area (Å²) in [6, 6.07) is 6.10. The highest BCUT2D eigenvalue weighted by atomic mass is 19.1. The molecule has 1 aromatic heterocycles. The predicted molar refractivity (Wildman–Crippen MR) is 94.6 cm³/mol. The fraction of sp³-hybridized carbons (Fsp3) is 0.444. The van der Waals surface area contributed by atoms with Crippen LogP contribution in [-0.2, 0) is 6.54 Å². The third-order valence-electron chi connectivity index (χ3n) is 4.41. The predicted octanol–water partition coefficient (Wildman–Crippen LogP) is 2.90. The number of piperidine rings is 1. The number of nitrogens with zero attached hydrogens (tertiary/aromatic N) is 4. The number of nitrogens with one attached hydrogen (secondary N) is 1. The number of anilines is 2. The largest absolute Gasteiger partial charge is 0.366 e. The molecule has 1 aliphatic heterocycles. The molecule has 1 aliphatic rings. The number of rotatable bonds is 5. The number of halogens is 2. The summed E-state index contributed by atoms with van der Waals surface area (Å²) in [4.78, 5) is 12.5. The summed E-state index contributed by atoms with van der Waals surface area (Å²) in [6.45, 7) is 1.83. The molecule has 1 fully saturated rings. The summed E-state index contributed by atoms with van der Waals surface area (Å²) < 4.78 is 27.7. The van der Waals surface area contributed by atoms with E-state index in [4.69, 9.17) is 0 Å². The van der Waals surface area contributed by atoms with Crippen molar-refractivity contribution in [1.82, 2.24) is 14.9 Å². The Morgan fingerprint density at radius 1 is 1.24 bits per heavy atom. The maximum atomic E-state index is 13.9. The van der Waals surface area contributed by atoms with Crippen molar-refractivity contribution in [2.24, 2.45) is 0 Å². The average molecular weight is 347 g/mol. The van der Waals surface area contributed by atoms with E-state index in [1.54, 1.807) is 0 Å². The molecule has 1 aromatic carbocycles. The van der Waals surface area contributed by atoms with E-state index in [0.29, 0.717) is 0 Å². The number of likely N-dealkylation sites (tertiary alicyclic amines) is 1. The quantitative estimate of drug-likeness (QED) is 0.901. The van der Waals surface area contributed by atoms with Crippen LogP contribution in [0.2, 0.25) is 0 Å². The molecule has 2 heterocycles. The highest BCUT2D eigenvalue weighted by molar-refractivity contribution is 5.47. The molecule has 0 saturated carbocycles. The lowest BCUT2D eigenvalue weighted by molar-refractivity contribution is 0.203. The molecular formula is C18H23F2N5. The first-order valence-electron chi connectivity index (χ1n) is 8.44. The molecule has 0 radical (unpaired) electrons. The van der Waals surface area contributed by atoms with Gasteiger partial charge in [0.25, 0.3) is 0 Å². The van der Waals surface area contributed by atoms with Crippen molar-refractivity contribution in [1.29, 1.82) is 0 Å². The molecule has 134 valence electrons. The Morgan fingerprint density at radius 2 is 2.00 bits per heavy atom. The second-order valence-corrected chi connectivity index (χ2v) is 6.57. The van der Waals surface area contributed by atoms with Gasteiger partial charge in [0.1, 0.15) is 29.6 Å². The molecule has 2 aromatic rings. The Morgan fingerprint density at radius 3 is 2.72 bits per heavy atom. The molecule has 0 aliphatic carbocycles. The number of hydrogen-bond donors (Lipinski definition) is 1. The first kappa shape index (κ1) is 17.5. The molecule has 25 heavy (non-hydrogen) atoms. The SMILES string of the molecule is CN(C)c1cc(NC2CCCN(Cc3c(F)cccc3F)C2)ncn1. The van der Waals surface area contributed by atoms with Gasteiger partial charge in [-0.3, -0.25) is 4.90 Å². The van der Waals surface area contributed by atoms with Gasteiger partial charge in [-0.1, -0.05) is 6.07 Å². The Hall–Kier alpha value is -2.28. The minimum absolute atomic E-state index is 0.139. The summed E-state index contributed by atoms with van der Waals surface area (Å²) in [5, 5.41) is 3.41. The summed E-state index contributed by atoms with van der Waals surface area (Å²) in [6.07, 6.45) is 3.50. The molecule has 1 N–H and O–H groups in total. The van der Waals surface area contributed by atoms with Gasteiger partial charge in [-0.25, -0.2) is 18.7 Å². The van der Waals surface area contributed by atoms with E-state index in [1.165, 1.54) is 24.5 Å². The molecule has 3 rings (SSSR count). The Bertz CT molecular complexity index is 702. The van der Waals surface area contributed by atoms with Gasteiger partial charge in [0.15, 0.2) is 0 Å². The van der Waals surface area contributed by atoms with Crippen LogP contribution >= 0.6 is 0 Å². The smallest absolute Gasteiger partial charge is 0.133 e. The average Bonchev–Trinajstić information content (AvgIpc) is 2.59. The molecule has 0 bridgehead atoms. The van der Waals surface area contributed by atoms with Gasteiger partial charge in [-0.05, 0) is 31.5 Å². The van der Waals surface area contributed by atoms with Crippen LogP contribution in [0.4, 0.5) is 20.4 Å². The Balaban J connectivity index is 1.64. The van der Waals surface area contributed by atoms with Gasteiger partial charge >= 0.3 is 0 Å². The topological polar surface area (TPSA) is 44.3 Å². The zero-order valence-corrected chi connectivity index (χ0v) is 14.5. The molecule has 1 atom stereocenters. The second kappa shape index (κ2) is 7.74. The van der Waals surface area contributed by atoms with E-state index in [9.17, 15) is 8.78 Å². The number of aromatic nitrogens is 2. The molecule has 0 amide bonds. The summed E-state index contributed by atoms with van der Waals surface area (Å²) >= 11 is 0. The molecular weight excluding hydrogens is 324 g/mol. The molecule has 0 spiro atoms. The van der Waals surface area contributed by atoms with Crippen LogP contribution in [0.3, 0.4) is 0 Å². The zero-order valence-electron chi connectivity index (χ0n) is 14.5. The minimum Gasteiger partial charge on any atom is -0.366 e. The highest BCUT2D eigenvalue weighted by Crippen LogP contribution is 2.20. The van der Waals surface area contributed by atoms with Crippen LogP contribution in [-0.4, -0.2) is 48.1 Å². The van der Waals surface area contributed by atoms with Gasteiger partial charge in [-0.15, -0.1) is 0 Å². The first-order valence-corrected chi connectivity index (χ1v) is 8.44. The standard InChI is InChI=1S/C18H23F2N5/c1-24(2)18-9-17(21-12-22-18)23-13-5-4-8-25(10-13)11-14-15(19)6-3-7-16(14)20/h3,6-7,9,12-13H,4-5,8,10-11H2,1-2H3,(H,21,22,23). The molecule has 1 unspecified atom stereocenters. The van der Waals surface area contributed by atoms with Crippen LogP contribution in [0.1, 0.15) is 18.4 Å². The number of hydrogen-bond acceptors (Lipinski definition) is 5. The lowest BCUT2D eigenvalue weighted by Gasteiger charge is -2.33. The van der Waals surface area contributed by atoms with Crippen molar-refractivity contribution in [3.8, 4) is 0 Å². The monoisotopic (exact) mass is 347 g/mol. The molecule has 5 nitrogen and oxygen atoms in total. The lowest BCUT2D eigenvalue weighted by atomic mass is 10.0.